The van der Waals surface area contributed by atoms with Crippen molar-refractivity contribution in [2.24, 2.45) is 35.5 Å². The summed E-state index contributed by atoms with van der Waals surface area (Å²) in [5.41, 5.74) is 1.48. The van der Waals surface area contributed by atoms with Gasteiger partial charge in [-0.3, -0.25) is 14.5 Å². The number of rotatable bonds is 2. The van der Waals surface area contributed by atoms with Gasteiger partial charge >= 0.3 is 0 Å². The minimum Gasteiger partial charge on any atom is -0.278 e. The van der Waals surface area contributed by atoms with Gasteiger partial charge in [-0.25, -0.2) is 0 Å². The first-order valence-electron chi connectivity index (χ1n) is 8.21. The Kier molecular flexibility index (Phi) is 2.45. The highest BCUT2D eigenvalue weighted by Crippen LogP contribution is 2.65. The van der Waals surface area contributed by atoms with Gasteiger partial charge in [-0.2, -0.15) is 5.26 Å². The van der Waals surface area contributed by atoms with E-state index in [0.29, 0.717) is 23.9 Å². The van der Waals surface area contributed by atoms with E-state index in [0.717, 1.165) is 5.56 Å². The number of nitriles is 1. The Bertz CT molecular complexity index is 753. The molecule has 2 saturated carbocycles. The van der Waals surface area contributed by atoms with E-state index < -0.39 is 0 Å². The van der Waals surface area contributed by atoms with E-state index >= 15 is 0 Å². The number of likely N-dealkylation sites (tertiary alicyclic amines) is 1. The van der Waals surface area contributed by atoms with E-state index in [-0.39, 0.29) is 35.5 Å². The Balaban J connectivity index is 1.44. The molecule has 0 N–H and O–H groups in total. The fourth-order valence-corrected chi connectivity index (χ4v) is 5.04. The van der Waals surface area contributed by atoms with Gasteiger partial charge in [0, 0.05) is 0 Å². The predicted molar refractivity (Wildman–Crippen MR) is 81.4 cm³/mol. The first-order valence-corrected chi connectivity index (χ1v) is 8.21. The molecule has 1 aliphatic heterocycles. The Labute approximate surface area is 134 Å². The zero-order valence-corrected chi connectivity index (χ0v) is 12.6. The average molecular weight is 304 g/mol. The molecule has 0 radical (unpaired) electrons. The Morgan fingerprint density at radius 1 is 1.00 bits per heavy atom. The van der Waals surface area contributed by atoms with Crippen molar-refractivity contribution in [3.63, 3.8) is 0 Å². The van der Waals surface area contributed by atoms with Gasteiger partial charge < -0.3 is 0 Å². The zero-order valence-electron chi connectivity index (χ0n) is 12.6. The van der Waals surface area contributed by atoms with Crippen LogP contribution in [0.2, 0.25) is 0 Å². The van der Waals surface area contributed by atoms with Crippen molar-refractivity contribution in [3.8, 4) is 6.07 Å². The molecule has 1 aromatic rings. The van der Waals surface area contributed by atoms with Crippen LogP contribution in [-0.4, -0.2) is 16.7 Å². The molecule has 5 aliphatic rings. The Morgan fingerprint density at radius 2 is 1.57 bits per heavy atom. The second-order valence-corrected chi connectivity index (χ2v) is 7.23. The smallest absolute Gasteiger partial charge is 0.234 e. The fourth-order valence-electron chi connectivity index (χ4n) is 5.04. The van der Waals surface area contributed by atoms with Crippen molar-refractivity contribution in [2.75, 3.05) is 0 Å². The molecular formula is C19H16N2O2. The van der Waals surface area contributed by atoms with Crippen molar-refractivity contribution in [1.82, 2.24) is 4.90 Å². The van der Waals surface area contributed by atoms with Crippen LogP contribution in [-0.2, 0) is 16.1 Å². The number of allylic oxidation sites excluding steroid dienone is 2. The van der Waals surface area contributed by atoms with E-state index in [1.165, 1.54) is 11.3 Å². The molecule has 3 fully saturated rings. The predicted octanol–water partition coefficient (Wildman–Crippen LogP) is 2.11. The van der Waals surface area contributed by atoms with Crippen LogP contribution >= 0.6 is 0 Å². The molecule has 6 atom stereocenters. The maximum atomic E-state index is 12.9. The largest absolute Gasteiger partial charge is 0.278 e. The number of nitrogens with zero attached hydrogens (tertiary/aromatic N) is 2. The first-order chi connectivity index (χ1) is 11.2. The van der Waals surface area contributed by atoms with Crippen LogP contribution in [0.15, 0.2) is 36.4 Å². The molecule has 2 bridgehead atoms. The Hall–Kier alpha value is -2.41. The summed E-state index contributed by atoms with van der Waals surface area (Å²) < 4.78 is 0. The minimum atomic E-state index is -0.125. The highest BCUT2D eigenvalue weighted by molar-refractivity contribution is 6.06. The maximum absolute atomic E-state index is 12.9. The van der Waals surface area contributed by atoms with Crippen LogP contribution in [0.4, 0.5) is 0 Å². The van der Waals surface area contributed by atoms with Crippen LogP contribution < -0.4 is 0 Å². The van der Waals surface area contributed by atoms with Crippen LogP contribution in [0.3, 0.4) is 0 Å². The lowest BCUT2D eigenvalue weighted by atomic mass is 9.63. The van der Waals surface area contributed by atoms with E-state index in [2.05, 4.69) is 18.2 Å². The average Bonchev–Trinajstić information content (AvgIpc) is 3.37. The van der Waals surface area contributed by atoms with E-state index in [4.69, 9.17) is 5.26 Å². The standard InChI is InChI=1S/C19H16N2O2/c20-8-10-1-3-11(4-2-10)9-21-18(22)16-12-5-6-13(15-7-14(12)15)17(16)19(21)23/h1-6,12-17H,7,9H2/t12-,13-,14-,15-,16-,17+/m0/s1. The first kappa shape index (κ1) is 13.1. The van der Waals surface area contributed by atoms with Crippen LogP contribution in [0.5, 0.6) is 0 Å². The number of carbonyl (C=O) groups excluding carboxylic acids is 2. The molecule has 2 amide bonds. The second kappa shape index (κ2) is 4.32. The lowest BCUT2D eigenvalue weighted by Gasteiger charge is -2.37. The summed E-state index contributed by atoms with van der Waals surface area (Å²) in [7, 11) is 0. The highest BCUT2D eigenvalue weighted by Gasteiger charge is 2.66. The molecule has 0 unspecified atom stereocenters. The summed E-state index contributed by atoms with van der Waals surface area (Å²) in [5, 5.41) is 8.86. The molecule has 1 aromatic carbocycles. The lowest BCUT2D eigenvalue weighted by Crippen LogP contribution is -2.40. The molecule has 114 valence electrons. The molecule has 1 saturated heterocycles. The lowest BCUT2D eigenvalue weighted by molar-refractivity contribution is -0.140. The third kappa shape index (κ3) is 1.65. The number of hydrogen-bond acceptors (Lipinski definition) is 3. The van der Waals surface area contributed by atoms with E-state index in [1.54, 1.807) is 12.1 Å². The van der Waals surface area contributed by atoms with E-state index in [1.807, 2.05) is 12.1 Å². The van der Waals surface area contributed by atoms with E-state index in [9.17, 15) is 9.59 Å². The van der Waals surface area contributed by atoms with Crippen LogP contribution in [0.1, 0.15) is 17.5 Å². The number of carbonyl (C=O) groups is 2. The van der Waals surface area contributed by atoms with Crippen LogP contribution in [0, 0.1) is 46.8 Å². The summed E-state index contributed by atoms with van der Waals surface area (Å²) in [6.07, 6.45) is 5.57. The third-order valence-corrected chi connectivity index (χ3v) is 6.18. The van der Waals surface area contributed by atoms with Crippen molar-refractivity contribution < 1.29 is 9.59 Å². The molecule has 4 nitrogen and oxygen atoms in total. The Morgan fingerprint density at radius 3 is 2.09 bits per heavy atom. The summed E-state index contributed by atoms with van der Waals surface area (Å²) in [6.45, 7) is 0.325. The van der Waals surface area contributed by atoms with Crippen molar-refractivity contribution in [1.29, 1.82) is 5.26 Å². The molecule has 6 rings (SSSR count). The summed E-state index contributed by atoms with van der Waals surface area (Å²) in [6, 6.07) is 9.19. The van der Waals surface area contributed by atoms with Gasteiger partial charge in [-0.05, 0) is 47.8 Å². The molecular weight excluding hydrogens is 288 g/mol. The monoisotopic (exact) mass is 304 g/mol. The molecule has 23 heavy (non-hydrogen) atoms. The fraction of sp³-hybridized carbons (Fsp3) is 0.421. The van der Waals surface area contributed by atoms with Crippen LogP contribution in [0.25, 0.3) is 0 Å². The van der Waals surface area contributed by atoms with Gasteiger partial charge in [0.25, 0.3) is 0 Å². The van der Waals surface area contributed by atoms with Gasteiger partial charge in [0.05, 0.1) is 30.0 Å². The van der Waals surface area contributed by atoms with Crippen molar-refractivity contribution in [2.45, 2.75) is 13.0 Å². The van der Waals surface area contributed by atoms with Crippen molar-refractivity contribution in [3.05, 3.63) is 47.5 Å². The maximum Gasteiger partial charge on any atom is 0.234 e. The summed E-state index contributed by atoms with van der Waals surface area (Å²) in [4.78, 5) is 27.2. The number of hydrogen-bond donors (Lipinski definition) is 0. The van der Waals surface area contributed by atoms with Gasteiger partial charge in [0.2, 0.25) is 11.8 Å². The second-order valence-electron chi connectivity index (χ2n) is 7.23. The van der Waals surface area contributed by atoms with Crippen molar-refractivity contribution >= 4 is 11.8 Å². The normalized spacial score (nSPS) is 39.2. The molecule has 4 heteroatoms. The van der Waals surface area contributed by atoms with Gasteiger partial charge in [0.15, 0.2) is 0 Å². The number of imide groups is 1. The minimum absolute atomic E-state index is 0.00839. The topological polar surface area (TPSA) is 61.2 Å². The van der Waals surface area contributed by atoms with Gasteiger partial charge in [-0.1, -0.05) is 24.3 Å². The zero-order chi connectivity index (χ0) is 15.7. The quantitative estimate of drug-likeness (QED) is 0.621. The van der Waals surface area contributed by atoms with Gasteiger partial charge in [-0.15, -0.1) is 0 Å². The SMILES string of the molecule is N#Cc1ccc(CN2C(=O)[C@@H]3[C@H]4C=C[C@@H]([C@@H]5C[C@@H]45)[C@@H]3C2=O)cc1. The highest BCUT2D eigenvalue weighted by atomic mass is 16.2. The summed E-state index contributed by atoms with van der Waals surface area (Å²) >= 11 is 0. The van der Waals surface area contributed by atoms with Gasteiger partial charge in [0.1, 0.15) is 0 Å². The molecule has 4 aliphatic carbocycles. The summed E-state index contributed by atoms with van der Waals surface area (Å²) in [5.74, 6) is 1.59. The molecule has 1 heterocycles. The third-order valence-electron chi connectivity index (χ3n) is 6.18. The number of amides is 2. The molecule has 0 spiro atoms. The molecule has 0 aromatic heterocycles. The number of benzene rings is 1.